The third-order valence-corrected chi connectivity index (χ3v) is 3.36. The summed E-state index contributed by atoms with van der Waals surface area (Å²) in [6.45, 7) is 1.40. The average molecular weight is 300 g/mol. The van der Waals surface area contributed by atoms with E-state index in [1.807, 2.05) is 5.38 Å². The highest BCUT2D eigenvalue weighted by Gasteiger charge is 2.13. The molecule has 8 heteroatoms. The van der Waals surface area contributed by atoms with Crippen molar-refractivity contribution in [1.82, 2.24) is 9.38 Å². The highest BCUT2D eigenvalue weighted by atomic mass is 35.5. The van der Waals surface area contributed by atoms with Crippen LogP contribution in [0.2, 0.25) is 5.15 Å². The summed E-state index contributed by atoms with van der Waals surface area (Å²) in [6.07, 6.45) is 3.47. The Hall–Kier alpha value is -1.86. The number of aromatic nitrogens is 2. The summed E-state index contributed by atoms with van der Waals surface area (Å²) in [4.78, 5) is 27.0. The highest BCUT2D eigenvalue weighted by Crippen LogP contribution is 2.22. The number of ether oxygens (including phenoxy) is 1. The Morgan fingerprint density at radius 1 is 1.63 bits per heavy atom. The maximum Gasteiger partial charge on any atom is 0.331 e. The largest absolute Gasteiger partial charge is 0.449 e. The summed E-state index contributed by atoms with van der Waals surface area (Å²) in [5.74, 6) is -1.38. The molecule has 0 fully saturated rings. The number of nitrogens with two attached hydrogens (primary N) is 1. The summed E-state index contributed by atoms with van der Waals surface area (Å²) in [7, 11) is 0. The normalized spacial score (nSPS) is 12.9. The van der Waals surface area contributed by atoms with Crippen LogP contribution in [-0.2, 0) is 14.3 Å². The van der Waals surface area contributed by atoms with Crippen LogP contribution < -0.4 is 5.73 Å². The molecule has 0 unspecified atom stereocenters. The van der Waals surface area contributed by atoms with Crippen molar-refractivity contribution >= 4 is 45.9 Å². The van der Waals surface area contributed by atoms with Gasteiger partial charge in [-0.3, -0.25) is 9.20 Å². The van der Waals surface area contributed by atoms with Crippen LogP contribution in [0.1, 0.15) is 12.6 Å². The standard InChI is InChI=1S/C11H10ClN3O3S/c1-6(10(13)17)18-8(16)3-2-7-9(12)14-11-15(7)4-5-19-11/h2-6H,1H3,(H2,13,17)/b3-2+/t6-/m0/s1. The van der Waals surface area contributed by atoms with Gasteiger partial charge in [0.1, 0.15) is 0 Å². The molecule has 2 heterocycles. The molecule has 100 valence electrons. The number of thiazole rings is 1. The first-order chi connectivity index (χ1) is 8.99. The molecular weight excluding hydrogens is 290 g/mol. The minimum atomic E-state index is -0.973. The van der Waals surface area contributed by atoms with E-state index in [9.17, 15) is 9.59 Å². The molecule has 0 radical (unpaired) electrons. The monoisotopic (exact) mass is 299 g/mol. The van der Waals surface area contributed by atoms with Gasteiger partial charge in [-0.2, -0.15) is 0 Å². The molecule has 6 nitrogen and oxygen atoms in total. The van der Waals surface area contributed by atoms with Gasteiger partial charge in [-0.05, 0) is 13.0 Å². The second kappa shape index (κ2) is 5.41. The SMILES string of the molecule is C[C@H](OC(=O)/C=C/c1c(Cl)nc2sccn12)C(N)=O. The Labute approximate surface area is 117 Å². The van der Waals surface area contributed by atoms with Crippen molar-refractivity contribution in [3.05, 3.63) is 28.5 Å². The molecular formula is C11H10ClN3O3S. The van der Waals surface area contributed by atoms with Gasteiger partial charge in [0.15, 0.2) is 16.2 Å². The van der Waals surface area contributed by atoms with E-state index in [1.54, 1.807) is 10.6 Å². The summed E-state index contributed by atoms with van der Waals surface area (Å²) in [5, 5.41) is 2.14. The lowest BCUT2D eigenvalue weighted by molar-refractivity contribution is -0.148. The molecule has 2 aromatic rings. The number of carbonyl (C=O) groups is 2. The van der Waals surface area contributed by atoms with E-state index in [1.165, 1.54) is 30.4 Å². The maximum atomic E-state index is 11.5. The van der Waals surface area contributed by atoms with Crippen LogP contribution in [0.3, 0.4) is 0 Å². The number of fused-ring (bicyclic) bond motifs is 1. The van der Waals surface area contributed by atoms with Crippen LogP contribution in [0.5, 0.6) is 0 Å². The smallest absolute Gasteiger partial charge is 0.331 e. The summed E-state index contributed by atoms with van der Waals surface area (Å²) >= 11 is 7.37. The number of amides is 1. The van der Waals surface area contributed by atoms with Crippen molar-refractivity contribution in [1.29, 1.82) is 0 Å². The first-order valence-corrected chi connectivity index (χ1v) is 6.54. The van der Waals surface area contributed by atoms with Crippen LogP contribution >= 0.6 is 22.9 Å². The van der Waals surface area contributed by atoms with Crippen molar-refractivity contribution in [3.63, 3.8) is 0 Å². The zero-order valence-corrected chi connectivity index (χ0v) is 11.4. The summed E-state index contributed by atoms with van der Waals surface area (Å²) in [6, 6.07) is 0. The molecule has 1 atom stereocenters. The number of rotatable bonds is 4. The van der Waals surface area contributed by atoms with Crippen molar-refractivity contribution in [2.45, 2.75) is 13.0 Å². The molecule has 19 heavy (non-hydrogen) atoms. The molecule has 0 saturated heterocycles. The van der Waals surface area contributed by atoms with Gasteiger partial charge in [-0.15, -0.1) is 11.3 Å². The first-order valence-electron chi connectivity index (χ1n) is 5.28. The van der Waals surface area contributed by atoms with Gasteiger partial charge >= 0.3 is 5.97 Å². The Bertz CT molecular complexity index is 661. The first kappa shape index (κ1) is 13.6. The van der Waals surface area contributed by atoms with E-state index in [0.717, 1.165) is 4.96 Å². The summed E-state index contributed by atoms with van der Waals surface area (Å²) < 4.78 is 6.52. The zero-order valence-electron chi connectivity index (χ0n) is 9.87. The highest BCUT2D eigenvalue weighted by molar-refractivity contribution is 7.15. The third kappa shape index (κ3) is 2.94. The molecule has 0 spiro atoms. The predicted octanol–water partition coefficient (Wildman–Crippen LogP) is 1.48. The van der Waals surface area contributed by atoms with E-state index < -0.39 is 18.0 Å². The van der Waals surface area contributed by atoms with E-state index in [-0.39, 0.29) is 0 Å². The van der Waals surface area contributed by atoms with Crippen molar-refractivity contribution in [2.24, 2.45) is 5.73 Å². The molecule has 0 aliphatic heterocycles. The van der Waals surface area contributed by atoms with Gasteiger partial charge in [0.05, 0.1) is 5.69 Å². The van der Waals surface area contributed by atoms with Crippen molar-refractivity contribution in [2.75, 3.05) is 0 Å². The van der Waals surface area contributed by atoms with Gasteiger partial charge in [0.2, 0.25) is 0 Å². The topological polar surface area (TPSA) is 86.7 Å². The van der Waals surface area contributed by atoms with Crippen molar-refractivity contribution < 1.29 is 14.3 Å². The van der Waals surface area contributed by atoms with Crippen LogP contribution in [0.15, 0.2) is 17.7 Å². The van der Waals surface area contributed by atoms with Crippen LogP contribution in [0.4, 0.5) is 0 Å². The quantitative estimate of drug-likeness (QED) is 0.684. The number of carbonyl (C=O) groups excluding carboxylic acids is 2. The van der Waals surface area contributed by atoms with Gasteiger partial charge in [0, 0.05) is 17.7 Å². The molecule has 0 saturated carbocycles. The number of halogens is 1. The summed E-state index contributed by atoms with van der Waals surface area (Å²) in [5.41, 5.74) is 5.56. The second-order valence-corrected chi connectivity index (χ2v) is 4.89. The Kier molecular flexibility index (Phi) is 3.87. The van der Waals surface area contributed by atoms with Gasteiger partial charge < -0.3 is 10.5 Å². The van der Waals surface area contributed by atoms with Crippen molar-refractivity contribution in [3.8, 4) is 0 Å². The fraction of sp³-hybridized carbons (Fsp3) is 0.182. The third-order valence-electron chi connectivity index (χ3n) is 2.33. The predicted molar refractivity (Wildman–Crippen MR) is 71.9 cm³/mol. The number of hydrogen-bond acceptors (Lipinski definition) is 5. The molecule has 2 aromatic heterocycles. The number of nitrogens with zero attached hydrogens (tertiary/aromatic N) is 2. The number of imidazole rings is 1. The van der Waals surface area contributed by atoms with Gasteiger partial charge in [0.25, 0.3) is 5.91 Å². The van der Waals surface area contributed by atoms with Gasteiger partial charge in [-0.25, -0.2) is 9.78 Å². The fourth-order valence-corrected chi connectivity index (χ4v) is 2.35. The van der Waals surface area contributed by atoms with E-state index >= 15 is 0 Å². The minimum absolute atomic E-state index is 0.291. The lowest BCUT2D eigenvalue weighted by Gasteiger charge is -2.06. The maximum absolute atomic E-state index is 11.5. The van der Waals surface area contributed by atoms with Crippen LogP contribution in [-0.4, -0.2) is 27.4 Å². The minimum Gasteiger partial charge on any atom is -0.449 e. The van der Waals surface area contributed by atoms with E-state index in [0.29, 0.717) is 10.8 Å². The van der Waals surface area contributed by atoms with Gasteiger partial charge in [-0.1, -0.05) is 11.6 Å². The average Bonchev–Trinajstić information content (AvgIpc) is 2.87. The Morgan fingerprint density at radius 2 is 2.37 bits per heavy atom. The van der Waals surface area contributed by atoms with Crippen LogP contribution in [0.25, 0.3) is 11.0 Å². The fourth-order valence-electron chi connectivity index (χ4n) is 1.34. The lowest BCUT2D eigenvalue weighted by Crippen LogP contribution is -2.29. The molecule has 2 rings (SSSR count). The molecule has 1 amide bonds. The Balaban J connectivity index is 2.14. The number of hydrogen-bond donors (Lipinski definition) is 1. The molecule has 0 aromatic carbocycles. The lowest BCUT2D eigenvalue weighted by atomic mass is 10.3. The van der Waals surface area contributed by atoms with E-state index in [4.69, 9.17) is 22.1 Å². The molecule has 0 aliphatic carbocycles. The molecule has 0 bridgehead atoms. The number of esters is 1. The number of primary amides is 1. The van der Waals surface area contributed by atoms with Crippen LogP contribution in [0, 0.1) is 0 Å². The Morgan fingerprint density at radius 3 is 3.05 bits per heavy atom. The molecule has 2 N–H and O–H groups in total. The van der Waals surface area contributed by atoms with E-state index in [2.05, 4.69) is 4.98 Å². The second-order valence-electron chi connectivity index (χ2n) is 3.66. The molecule has 0 aliphatic rings. The zero-order chi connectivity index (χ0) is 14.0.